The van der Waals surface area contributed by atoms with Gasteiger partial charge in [-0.3, -0.25) is 14.2 Å². The van der Waals surface area contributed by atoms with E-state index in [4.69, 9.17) is 4.74 Å². The van der Waals surface area contributed by atoms with Crippen LogP contribution in [-0.4, -0.2) is 27.7 Å². The highest BCUT2D eigenvalue weighted by molar-refractivity contribution is 7.99. The molecule has 3 rings (SSSR count). The van der Waals surface area contributed by atoms with Crippen molar-refractivity contribution in [2.45, 2.75) is 32.0 Å². The molecule has 0 aliphatic heterocycles. The van der Waals surface area contributed by atoms with E-state index in [0.29, 0.717) is 29.3 Å². The number of carbonyl (C=O) groups excluding carboxylic acids is 1. The number of hydrogen-bond donors (Lipinski definition) is 0. The average molecular weight is 415 g/mol. The number of thioether (sulfide) groups is 1. The number of Topliss-reactive ketones (excluding diaryl/α,β-unsaturated/α-hetero) is 1. The number of ether oxygens (including phenoxy) is 1. The Bertz CT molecular complexity index is 1050. The normalized spacial score (nSPS) is 10.9. The maximum absolute atomic E-state index is 12.9. The molecule has 2 aromatic heterocycles. The topological polar surface area (TPSA) is 61.2 Å². The van der Waals surface area contributed by atoms with E-state index in [0.717, 1.165) is 21.9 Å². The number of hydrogen-bond acceptors (Lipinski definition) is 6. The van der Waals surface area contributed by atoms with Gasteiger partial charge in [-0.1, -0.05) is 24.8 Å². The van der Waals surface area contributed by atoms with Crippen molar-refractivity contribution in [1.29, 1.82) is 0 Å². The van der Waals surface area contributed by atoms with Crippen molar-refractivity contribution >= 4 is 39.1 Å². The van der Waals surface area contributed by atoms with Crippen molar-refractivity contribution in [2.75, 3.05) is 12.4 Å². The molecule has 7 heteroatoms. The molecule has 0 N–H and O–H groups in total. The molecule has 28 heavy (non-hydrogen) atoms. The fraction of sp³-hybridized carbons (Fsp3) is 0.286. The molecule has 0 unspecified atom stereocenters. The van der Waals surface area contributed by atoms with Crippen LogP contribution < -0.4 is 10.3 Å². The maximum atomic E-state index is 12.9. The average Bonchev–Trinajstić information content (AvgIpc) is 3.13. The zero-order valence-corrected chi connectivity index (χ0v) is 17.6. The molecular formula is C21H22N2O3S2. The lowest BCUT2D eigenvalue weighted by molar-refractivity contribution is 0.102. The highest BCUT2D eigenvalue weighted by atomic mass is 32.2. The van der Waals surface area contributed by atoms with Crippen LogP contribution in [0, 0.1) is 0 Å². The fourth-order valence-corrected chi connectivity index (χ4v) is 4.65. The van der Waals surface area contributed by atoms with E-state index in [1.807, 2.05) is 13.0 Å². The Hall–Kier alpha value is -2.38. The number of fused-ring (bicyclic) bond motifs is 1. The summed E-state index contributed by atoms with van der Waals surface area (Å²) in [4.78, 5) is 31.9. The first kappa shape index (κ1) is 20.4. The molecule has 1 aromatic carbocycles. The van der Waals surface area contributed by atoms with Gasteiger partial charge in [0.2, 0.25) is 0 Å². The predicted molar refractivity (Wildman–Crippen MR) is 116 cm³/mol. The molecule has 0 saturated heterocycles. The van der Waals surface area contributed by atoms with E-state index in [9.17, 15) is 9.59 Å². The van der Waals surface area contributed by atoms with E-state index in [1.54, 1.807) is 34.9 Å². The highest BCUT2D eigenvalue weighted by Gasteiger charge is 2.15. The number of ketones is 1. The minimum Gasteiger partial charge on any atom is -0.494 e. The number of thiophene rings is 1. The molecule has 0 atom stereocenters. The molecule has 0 radical (unpaired) electrons. The van der Waals surface area contributed by atoms with Gasteiger partial charge in [-0.2, -0.15) is 0 Å². The lowest BCUT2D eigenvalue weighted by atomic mass is 10.1. The first-order valence-corrected chi connectivity index (χ1v) is 10.9. The maximum Gasteiger partial charge on any atom is 0.263 e. The summed E-state index contributed by atoms with van der Waals surface area (Å²) in [6.07, 6.45) is 2.53. The Balaban J connectivity index is 1.84. The molecule has 3 aromatic rings. The van der Waals surface area contributed by atoms with Crippen LogP contribution in [-0.2, 0) is 13.0 Å². The van der Waals surface area contributed by atoms with Gasteiger partial charge in [-0.05, 0) is 43.7 Å². The molecule has 0 saturated carbocycles. The lowest BCUT2D eigenvalue weighted by Crippen LogP contribution is -2.22. The van der Waals surface area contributed by atoms with Gasteiger partial charge in [0.25, 0.3) is 5.56 Å². The largest absolute Gasteiger partial charge is 0.494 e. The third-order valence-corrected chi connectivity index (χ3v) is 6.30. The fourth-order valence-electron chi connectivity index (χ4n) is 2.74. The van der Waals surface area contributed by atoms with Crippen molar-refractivity contribution in [2.24, 2.45) is 0 Å². The molecule has 0 fully saturated rings. The zero-order chi connectivity index (χ0) is 20.1. The second-order valence-electron chi connectivity index (χ2n) is 6.05. The number of aryl methyl sites for hydroxylation is 1. The van der Waals surface area contributed by atoms with Gasteiger partial charge in [0.15, 0.2) is 10.9 Å². The molecule has 0 amide bonds. The smallest absolute Gasteiger partial charge is 0.263 e. The highest BCUT2D eigenvalue weighted by Crippen LogP contribution is 2.25. The summed E-state index contributed by atoms with van der Waals surface area (Å²) in [6, 6.07) is 9.01. The molecule has 0 aliphatic carbocycles. The van der Waals surface area contributed by atoms with E-state index in [1.165, 1.54) is 23.1 Å². The quantitative estimate of drug-likeness (QED) is 0.222. The Morgan fingerprint density at radius 2 is 2.07 bits per heavy atom. The van der Waals surface area contributed by atoms with Crippen molar-refractivity contribution in [3.8, 4) is 5.75 Å². The van der Waals surface area contributed by atoms with Crippen LogP contribution in [0.2, 0.25) is 0 Å². The first-order chi connectivity index (χ1) is 13.6. The minimum absolute atomic E-state index is 0.0204. The summed E-state index contributed by atoms with van der Waals surface area (Å²) in [5.74, 6) is 0.922. The van der Waals surface area contributed by atoms with E-state index in [-0.39, 0.29) is 17.1 Å². The van der Waals surface area contributed by atoms with Crippen LogP contribution in [0.4, 0.5) is 0 Å². The number of aromatic nitrogens is 2. The summed E-state index contributed by atoms with van der Waals surface area (Å²) < 4.78 is 6.99. The van der Waals surface area contributed by atoms with Crippen molar-refractivity contribution in [3.63, 3.8) is 0 Å². The first-order valence-electron chi connectivity index (χ1n) is 9.10. The summed E-state index contributed by atoms with van der Waals surface area (Å²) in [7, 11) is 0. The Kier molecular flexibility index (Phi) is 6.70. The Morgan fingerprint density at radius 3 is 2.71 bits per heavy atom. The zero-order valence-electron chi connectivity index (χ0n) is 15.9. The number of allylic oxidation sites excluding steroid dienone is 1. The Labute approximate surface area is 172 Å². The van der Waals surface area contributed by atoms with Crippen LogP contribution in [0.1, 0.15) is 29.1 Å². The predicted octanol–water partition coefficient (Wildman–Crippen LogP) is 4.58. The SMILES string of the molecule is C=CCn1c(SCC(=O)c2ccc(OCC)cc2)nc2sc(CC)cc2c1=O. The molecule has 146 valence electrons. The van der Waals surface area contributed by atoms with Crippen LogP contribution in [0.25, 0.3) is 10.2 Å². The third-order valence-electron chi connectivity index (χ3n) is 4.15. The number of nitrogens with zero attached hydrogens (tertiary/aromatic N) is 2. The summed E-state index contributed by atoms with van der Waals surface area (Å²) in [5.41, 5.74) is 0.524. The van der Waals surface area contributed by atoms with Gasteiger partial charge < -0.3 is 4.74 Å². The van der Waals surface area contributed by atoms with Gasteiger partial charge in [0.05, 0.1) is 17.7 Å². The number of carbonyl (C=O) groups is 1. The number of rotatable bonds is 9. The van der Waals surface area contributed by atoms with Crippen molar-refractivity contribution < 1.29 is 9.53 Å². The van der Waals surface area contributed by atoms with Crippen LogP contribution in [0.3, 0.4) is 0 Å². The molecule has 5 nitrogen and oxygen atoms in total. The monoisotopic (exact) mass is 414 g/mol. The molecule has 0 aliphatic rings. The van der Waals surface area contributed by atoms with Gasteiger partial charge >= 0.3 is 0 Å². The molecule has 0 spiro atoms. The molecular weight excluding hydrogens is 392 g/mol. The standard InChI is InChI=1S/C21H22N2O3S2/c1-4-11-23-20(25)17-12-16(5-2)28-19(17)22-21(23)27-13-18(24)14-7-9-15(10-8-14)26-6-3/h4,7-10,12H,1,5-6,11,13H2,2-3H3. The summed E-state index contributed by atoms with van der Waals surface area (Å²) in [5, 5.41) is 1.17. The Morgan fingerprint density at radius 1 is 1.32 bits per heavy atom. The second kappa shape index (κ2) is 9.21. The van der Waals surface area contributed by atoms with Gasteiger partial charge in [0.1, 0.15) is 10.6 Å². The van der Waals surface area contributed by atoms with Crippen LogP contribution >= 0.6 is 23.1 Å². The molecule has 0 bridgehead atoms. The van der Waals surface area contributed by atoms with E-state index >= 15 is 0 Å². The number of benzene rings is 1. The summed E-state index contributed by atoms with van der Waals surface area (Å²) in [6.45, 7) is 8.65. The minimum atomic E-state index is -0.0862. The van der Waals surface area contributed by atoms with Gasteiger partial charge in [-0.15, -0.1) is 17.9 Å². The second-order valence-corrected chi connectivity index (χ2v) is 8.11. The summed E-state index contributed by atoms with van der Waals surface area (Å²) >= 11 is 2.81. The van der Waals surface area contributed by atoms with E-state index in [2.05, 4.69) is 18.5 Å². The third kappa shape index (κ3) is 4.36. The van der Waals surface area contributed by atoms with Crippen LogP contribution in [0.15, 0.2) is 52.9 Å². The van der Waals surface area contributed by atoms with Crippen molar-refractivity contribution in [3.05, 3.63) is 63.8 Å². The molecule has 2 heterocycles. The lowest BCUT2D eigenvalue weighted by Gasteiger charge is -2.10. The van der Waals surface area contributed by atoms with E-state index < -0.39 is 0 Å². The van der Waals surface area contributed by atoms with Crippen molar-refractivity contribution in [1.82, 2.24) is 9.55 Å². The van der Waals surface area contributed by atoms with Crippen LogP contribution in [0.5, 0.6) is 5.75 Å². The van der Waals surface area contributed by atoms with Gasteiger partial charge in [-0.25, -0.2) is 4.98 Å². The van der Waals surface area contributed by atoms with Gasteiger partial charge in [0, 0.05) is 17.0 Å².